The molecule has 0 aliphatic rings. The zero-order chi connectivity index (χ0) is 15.4. The van der Waals surface area contributed by atoms with E-state index < -0.39 is 11.6 Å². The molecule has 0 aliphatic heterocycles. The highest BCUT2D eigenvalue weighted by Crippen LogP contribution is 2.24. The van der Waals surface area contributed by atoms with Crippen molar-refractivity contribution >= 4 is 11.6 Å². The molecule has 0 saturated heterocycles. The second-order valence-corrected chi connectivity index (χ2v) is 5.56. The van der Waals surface area contributed by atoms with Crippen LogP contribution >= 0.6 is 11.6 Å². The summed E-state index contributed by atoms with van der Waals surface area (Å²) >= 11 is 6.11. The van der Waals surface area contributed by atoms with Crippen LogP contribution in [0.4, 0.5) is 8.78 Å². The third kappa shape index (κ3) is 4.26. The Labute approximate surface area is 128 Å². The molecule has 2 aromatic carbocycles. The number of benzene rings is 2. The van der Waals surface area contributed by atoms with Gasteiger partial charge in [-0.25, -0.2) is 8.78 Å². The minimum absolute atomic E-state index is 0.0114. The van der Waals surface area contributed by atoms with Crippen molar-refractivity contribution in [2.75, 3.05) is 6.54 Å². The highest BCUT2D eigenvalue weighted by molar-refractivity contribution is 6.30. The van der Waals surface area contributed by atoms with Gasteiger partial charge >= 0.3 is 0 Å². The van der Waals surface area contributed by atoms with Crippen molar-refractivity contribution < 1.29 is 8.78 Å². The first-order valence-electron chi connectivity index (χ1n) is 6.94. The van der Waals surface area contributed by atoms with Crippen LogP contribution < -0.4 is 5.32 Å². The Hall–Kier alpha value is -1.45. The average Bonchev–Trinajstić information content (AvgIpc) is 2.41. The van der Waals surface area contributed by atoms with Crippen LogP contribution in [-0.4, -0.2) is 6.54 Å². The van der Waals surface area contributed by atoms with E-state index in [0.29, 0.717) is 11.4 Å². The lowest BCUT2D eigenvalue weighted by molar-refractivity contribution is 0.502. The average molecular weight is 310 g/mol. The van der Waals surface area contributed by atoms with Crippen LogP contribution in [0, 0.1) is 18.6 Å². The van der Waals surface area contributed by atoms with Gasteiger partial charge in [-0.05, 0) is 60.8 Å². The van der Waals surface area contributed by atoms with Gasteiger partial charge in [-0.15, -0.1) is 0 Å². The quantitative estimate of drug-likeness (QED) is 0.835. The molecule has 4 heteroatoms. The topological polar surface area (TPSA) is 12.0 Å². The maximum atomic E-state index is 13.3. The lowest BCUT2D eigenvalue weighted by Gasteiger charge is -2.19. The molecule has 0 radical (unpaired) electrons. The van der Waals surface area contributed by atoms with Crippen LogP contribution in [0.15, 0.2) is 36.4 Å². The van der Waals surface area contributed by atoms with Crippen LogP contribution in [0.3, 0.4) is 0 Å². The summed E-state index contributed by atoms with van der Waals surface area (Å²) in [4.78, 5) is 0. The smallest absolute Gasteiger partial charge is 0.159 e. The van der Waals surface area contributed by atoms with Crippen LogP contribution in [0.2, 0.25) is 5.02 Å². The number of rotatable bonds is 5. The summed E-state index contributed by atoms with van der Waals surface area (Å²) < 4.78 is 26.3. The molecule has 2 aromatic rings. The molecule has 21 heavy (non-hydrogen) atoms. The molecule has 0 heterocycles. The molecule has 1 atom stereocenters. The molecule has 0 fully saturated rings. The van der Waals surface area contributed by atoms with Gasteiger partial charge in [0.25, 0.3) is 0 Å². The fourth-order valence-corrected chi connectivity index (χ4v) is 2.72. The molecule has 0 amide bonds. The summed E-state index contributed by atoms with van der Waals surface area (Å²) in [6.07, 6.45) is 0.574. The monoisotopic (exact) mass is 309 g/mol. The first-order chi connectivity index (χ1) is 9.99. The highest BCUT2D eigenvalue weighted by atomic mass is 35.5. The van der Waals surface area contributed by atoms with Gasteiger partial charge < -0.3 is 5.32 Å². The number of nitrogens with one attached hydrogen (secondary N) is 1. The van der Waals surface area contributed by atoms with E-state index >= 15 is 0 Å². The second-order valence-electron chi connectivity index (χ2n) is 5.12. The maximum absolute atomic E-state index is 13.3. The van der Waals surface area contributed by atoms with Gasteiger partial charge in [0, 0.05) is 11.1 Å². The van der Waals surface area contributed by atoms with E-state index in [1.807, 2.05) is 26.0 Å². The van der Waals surface area contributed by atoms with Crippen molar-refractivity contribution in [3.8, 4) is 0 Å². The fraction of sp³-hybridized carbons (Fsp3) is 0.294. The summed E-state index contributed by atoms with van der Waals surface area (Å²) in [5.41, 5.74) is 2.87. The Balaban J connectivity index is 2.27. The van der Waals surface area contributed by atoms with Gasteiger partial charge in [-0.2, -0.15) is 0 Å². The normalized spacial score (nSPS) is 12.4. The molecule has 112 valence electrons. The van der Waals surface area contributed by atoms with Crippen molar-refractivity contribution in [2.24, 2.45) is 0 Å². The number of hydrogen-bond acceptors (Lipinski definition) is 1. The van der Waals surface area contributed by atoms with Crippen LogP contribution in [-0.2, 0) is 6.42 Å². The highest BCUT2D eigenvalue weighted by Gasteiger charge is 2.13. The predicted molar refractivity (Wildman–Crippen MR) is 82.7 cm³/mol. The van der Waals surface area contributed by atoms with Gasteiger partial charge in [-0.1, -0.05) is 30.7 Å². The summed E-state index contributed by atoms with van der Waals surface area (Å²) in [7, 11) is 0. The maximum Gasteiger partial charge on any atom is 0.159 e. The Kier molecular flexibility index (Phi) is 5.32. The molecule has 1 unspecified atom stereocenters. The van der Waals surface area contributed by atoms with Gasteiger partial charge in [-0.3, -0.25) is 0 Å². The Morgan fingerprint density at radius 1 is 1.10 bits per heavy atom. The number of hydrogen-bond donors (Lipinski definition) is 1. The molecule has 0 saturated carbocycles. The molecular formula is C17H18ClF2N. The molecular weight excluding hydrogens is 292 g/mol. The summed E-state index contributed by atoms with van der Waals surface area (Å²) in [6.45, 7) is 4.77. The Morgan fingerprint density at radius 3 is 2.48 bits per heavy atom. The largest absolute Gasteiger partial charge is 0.310 e. The summed E-state index contributed by atoms with van der Waals surface area (Å²) in [6, 6.07) is 9.89. The lowest BCUT2D eigenvalue weighted by atomic mass is 9.97. The molecule has 2 rings (SSSR count). The molecule has 1 N–H and O–H groups in total. The standard InChI is InChI=1S/C17H18ClF2N/c1-3-21-17(13-6-11(2)7-14(18)10-13)9-12-4-5-15(19)16(20)8-12/h4-8,10,17,21H,3,9H2,1-2H3. The fourth-order valence-electron chi connectivity index (χ4n) is 2.42. The van der Waals surface area contributed by atoms with Gasteiger partial charge in [0.2, 0.25) is 0 Å². The third-order valence-electron chi connectivity index (χ3n) is 3.34. The molecule has 0 bridgehead atoms. The van der Waals surface area contributed by atoms with E-state index in [1.54, 1.807) is 6.07 Å². The van der Waals surface area contributed by atoms with Crippen molar-refractivity contribution in [3.63, 3.8) is 0 Å². The number of likely N-dealkylation sites (N-methyl/N-ethyl adjacent to an activating group) is 1. The third-order valence-corrected chi connectivity index (χ3v) is 3.56. The van der Waals surface area contributed by atoms with Crippen molar-refractivity contribution in [2.45, 2.75) is 26.3 Å². The summed E-state index contributed by atoms with van der Waals surface area (Å²) in [5, 5.41) is 4.04. The van der Waals surface area contributed by atoms with Crippen molar-refractivity contribution in [1.82, 2.24) is 5.32 Å². The first-order valence-corrected chi connectivity index (χ1v) is 7.31. The summed E-state index contributed by atoms with van der Waals surface area (Å²) in [5.74, 6) is -1.64. The minimum atomic E-state index is -0.822. The Morgan fingerprint density at radius 2 is 1.86 bits per heavy atom. The molecule has 1 nitrogen and oxygen atoms in total. The zero-order valence-electron chi connectivity index (χ0n) is 12.1. The molecule has 0 spiro atoms. The van der Waals surface area contributed by atoms with Crippen LogP contribution in [0.1, 0.15) is 29.7 Å². The van der Waals surface area contributed by atoms with E-state index in [4.69, 9.17) is 11.6 Å². The van der Waals surface area contributed by atoms with E-state index in [0.717, 1.165) is 29.3 Å². The molecule has 0 aromatic heterocycles. The van der Waals surface area contributed by atoms with E-state index in [9.17, 15) is 8.78 Å². The SMILES string of the molecule is CCNC(Cc1ccc(F)c(F)c1)c1cc(C)cc(Cl)c1. The number of aryl methyl sites for hydroxylation is 1. The second kappa shape index (κ2) is 7.01. The van der Waals surface area contributed by atoms with Gasteiger partial charge in [0.05, 0.1) is 0 Å². The minimum Gasteiger partial charge on any atom is -0.310 e. The Bertz CT molecular complexity index is 608. The van der Waals surface area contributed by atoms with Gasteiger partial charge in [0.1, 0.15) is 0 Å². The van der Waals surface area contributed by atoms with Gasteiger partial charge in [0.15, 0.2) is 11.6 Å². The predicted octanol–water partition coefficient (Wildman–Crippen LogP) is 4.82. The molecule has 0 aliphatic carbocycles. The number of halogens is 3. The van der Waals surface area contributed by atoms with E-state index in [-0.39, 0.29) is 6.04 Å². The van der Waals surface area contributed by atoms with Crippen LogP contribution in [0.25, 0.3) is 0 Å². The van der Waals surface area contributed by atoms with Crippen LogP contribution in [0.5, 0.6) is 0 Å². The van der Waals surface area contributed by atoms with E-state index in [1.165, 1.54) is 6.07 Å². The lowest BCUT2D eigenvalue weighted by Crippen LogP contribution is -2.23. The zero-order valence-corrected chi connectivity index (χ0v) is 12.8. The first kappa shape index (κ1) is 15.9. The van der Waals surface area contributed by atoms with E-state index in [2.05, 4.69) is 11.4 Å². The van der Waals surface area contributed by atoms with Crippen molar-refractivity contribution in [1.29, 1.82) is 0 Å². The van der Waals surface area contributed by atoms with Crippen molar-refractivity contribution in [3.05, 3.63) is 69.7 Å².